The summed E-state index contributed by atoms with van der Waals surface area (Å²) in [6, 6.07) is 0. The van der Waals surface area contributed by atoms with Gasteiger partial charge in [0.1, 0.15) is 5.52 Å². The number of methoxy groups -OCH3 is 1. The van der Waals surface area contributed by atoms with Gasteiger partial charge in [0.15, 0.2) is 17.1 Å². The van der Waals surface area contributed by atoms with Crippen LogP contribution in [-0.2, 0) is 10.1 Å². The lowest BCUT2D eigenvalue weighted by molar-refractivity contribution is -0.0191. The van der Waals surface area contributed by atoms with E-state index in [1.165, 1.54) is 18.0 Å². The molecule has 0 saturated heterocycles. The van der Waals surface area contributed by atoms with E-state index in [4.69, 9.17) is 32.6 Å². The van der Waals surface area contributed by atoms with Crippen molar-refractivity contribution in [1.29, 1.82) is 0 Å². The van der Waals surface area contributed by atoms with Crippen LogP contribution in [0, 0.1) is 18.4 Å². The standard InChI is InChI=1S/C12H12B2FN5O2/c1-3-11(5-21,22-2)4-12(13,14)20-6-17-7-8(16)18-10(15)19-9(7)20/h1,6,21H,4-5H2,2H3,(H2,16,18,19). The second-order valence-electron chi connectivity index (χ2n) is 4.83. The first-order valence-corrected chi connectivity index (χ1v) is 6.16. The molecule has 3 N–H and O–H groups in total. The number of rotatable bonds is 5. The molecule has 7 nitrogen and oxygen atoms in total. The maximum Gasteiger partial charge on any atom is 0.312 e. The van der Waals surface area contributed by atoms with Gasteiger partial charge in [-0.1, -0.05) is 5.92 Å². The predicted octanol–water partition coefficient (Wildman–Crippen LogP) is -1.10. The molecule has 2 rings (SSSR count). The van der Waals surface area contributed by atoms with Crippen LogP contribution in [0.2, 0.25) is 0 Å². The minimum Gasteiger partial charge on any atom is -0.392 e. The summed E-state index contributed by atoms with van der Waals surface area (Å²) in [5.74, 6) is 2.16. The third-order valence-corrected chi connectivity index (χ3v) is 3.32. The van der Waals surface area contributed by atoms with Gasteiger partial charge >= 0.3 is 6.08 Å². The Labute approximate surface area is 128 Å². The van der Waals surface area contributed by atoms with Crippen LogP contribution in [0.1, 0.15) is 6.42 Å². The number of fused-ring (bicyclic) bond motifs is 1. The van der Waals surface area contributed by atoms with Gasteiger partial charge in [-0.3, -0.25) is 0 Å². The summed E-state index contributed by atoms with van der Waals surface area (Å²) in [7, 11) is 13.4. The fraction of sp³-hybridized carbons (Fsp3) is 0.417. The third-order valence-electron chi connectivity index (χ3n) is 3.32. The van der Waals surface area contributed by atoms with Crippen molar-refractivity contribution in [1.82, 2.24) is 19.5 Å². The Bertz CT molecular complexity index is 739. The van der Waals surface area contributed by atoms with Gasteiger partial charge in [0.2, 0.25) is 0 Å². The highest BCUT2D eigenvalue weighted by Gasteiger charge is 2.36. The summed E-state index contributed by atoms with van der Waals surface area (Å²) in [4.78, 5) is 10.9. The molecule has 22 heavy (non-hydrogen) atoms. The van der Waals surface area contributed by atoms with Crippen molar-refractivity contribution >= 4 is 32.7 Å². The van der Waals surface area contributed by atoms with E-state index in [2.05, 4.69) is 20.9 Å². The molecule has 2 heterocycles. The van der Waals surface area contributed by atoms with E-state index in [-0.39, 0.29) is 23.4 Å². The molecule has 2 aromatic heterocycles. The van der Waals surface area contributed by atoms with E-state index in [9.17, 15) is 9.50 Å². The van der Waals surface area contributed by atoms with Crippen molar-refractivity contribution in [3.63, 3.8) is 0 Å². The normalized spacial score (nSPS) is 14.6. The molecule has 2 aromatic rings. The topological polar surface area (TPSA) is 99.1 Å². The van der Waals surface area contributed by atoms with Crippen LogP contribution in [0.25, 0.3) is 11.2 Å². The van der Waals surface area contributed by atoms with Crippen molar-refractivity contribution in [2.75, 3.05) is 19.5 Å². The number of aliphatic hydroxyl groups is 1. The zero-order valence-corrected chi connectivity index (χ0v) is 11.8. The second-order valence-corrected chi connectivity index (χ2v) is 4.83. The molecule has 0 amide bonds. The van der Waals surface area contributed by atoms with Gasteiger partial charge in [-0.25, -0.2) is 4.98 Å². The molecule has 110 valence electrons. The minimum absolute atomic E-state index is 0.00923. The Kier molecular flexibility index (Phi) is 4.13. The Morgan fingerprint density at radius 3 is 2.77 bits per heavy atom. The van der Waals surface area contributed by atoms with Crippen molar-refractivity contribution in [2.45, 2.75) is 17.4 Å². The van der Waals surface area contributed by atoms with Crippen LogP contribution >= 0.6 is 0 Å². The number of halogens is 1. The minimum atomic E-state index is -1.66. The molecular weight excluding hydrogens is 287 g/mol. The van der Waals surface area contributed by atoms with E-state index in [0.29, 0.717) is 0 Å². The molecule has 10 heteroatoms. The van der Waals surface area contributed by atoms with E-state index in [0.717, 1.165) is 0 Å². The maximum absolute atomic E-state index is 13.4. The fourth-order valence-electron chi connectivity index (χ4n) is 2.09. The summed E-state index contributed by atoms with van der Waals surface area (Å²) in [6.07, 6.45) is 5.39. The zero-order chi connectivity index (χ0) is 16.5. The van der Waals surface area contributed by atoms with Gasteiger partial charge < -0.3 is 20.1 Å². The van der Waals surface area contributed by atoms with Crippen LogP contribution in [0.15, 0.2) is 6.33 Å². The van der Waals surface area contributed by atoms with Gasteiger partial charge in [-0.15, -0.1) is 6.42 Å². The highest BCUT2D eigenvalue weighted by molar-refractivity contribution is 6.38. The number of hydrogen-bond donors (Lipinski definition) is 2. The summed E-state index contributed by atoms with van der Waals surface area (Å²) >= 11 is 0. The monoisotopic (exact) mass is 299 g/mol. The van der Waals surface area contributed by atoms with Crippen LogP contribution in [0.4, 0.5) is 10.2 Å². The van der Waals surface area contributed by atoms with Crippen molar-refractivity contribution < 1.29 is 14.2 Å². The largest absolute Gasteiger partial charge is 0.392 e. The van der Waals surface area contributed by atoms with E-state index in [1.54, 1.807) is 0 Å². The lowest BCUT2D eigenvalue weighted by Gasteiger charge is -2.36. The summed E-state index contributed by atoms with van der Waals surface area (Å²) in [5, 5.41) is 7.77. The molecule has 4 radical (unpaired) electrons. The highest BCUT2D eigenvalue weighted by atomic mass is 19.1. The molecule has 0 aromatic carbocycles. The Hall–Kier alpha value is -2.11. The molecule has 0 fully saturated rings. The average molecular weight is 299 g/mol. The first-order chi connectivity index (χ1) is 10.3. The van der Waals surface area contributed by atoms with Crippen molar-refractivity contribution in [3.05, 3.63) is 12.4 Å². The number of aromatic nitrogens is 4. The molecule has 0 bridgehead atoms. The quantitative estimate of drug-likeness (QED) is 0.413. The number of hydrogen-bond acceptors (Lipinski definition) is 6. The SMILES string of the molecule is [B]C([B])(CC(C#C)(CO)OC)n1cnc2c(N)nc(F)nc21. The Morgan fingerprint density at radius 1 is 1.55 bits per heavy atom. The molecule has 0 aliphatic carbocycles. The maximum atomic E-state index is 13.4. The number of imidazole rings is 1. The first-order valence-electron chi connectivity index (χ1n) is 6.16. The Morgan fingerprint density at radius 2 is 2.23 bits per heavy atom. The van der Waals surface area contributed by atoms with Gasteiger partial charge in [0, 0.05) is 7.11 Å². The first kappa shape index (κ1) is 16.3. The van der Waals surface area contributed by atoms with Gasteiger partial charge in [0.05, 0.1) is 28.6 Å². The number of terminal acetylenes is 1. The highest BCUT2D eigenvalue weighted by Crippen LogP contribution is 2.28. The van der Waals surface area contributed by atoms with Crippen LogP contribution in [0.3, 0.4) is 0 Å². The van der Waals surface area contributed by atoms with Crippen LogP contribution < -0.4 is 5.73 Å². The smallest absolute Gasteiger partial charge is 0.312 e. The average Bonchev–Trinajstić information content (AvgIpc) is 2.90. The van der Waals surface area contributed by atoms with Crippen LogP contribution in [-0.4, -0.2) is 59.6 Å². The third kappa shape index (κ3) is 2.65. The number of anilines is 1. The molecule has 0 aliphatic rings. The number of aliphatic hydroxyl groups excluding tert-OH is 1. The Balaban J connectivity index is 2.53. The van der Waals surface area contributed by atoms with E-state index < -0.39 is 23.6 Å². The number of ether oxygens (including phenoxy) is 1. The van der Waals surface area contributed by atoms with Gasteiger partial charge in [0.25, 0.3) is 0 Å². The molecular formula is C12H12B2FN5O2. The van der Waals surface area contributed by atoms with E-state index >= 15 is 0 Å². The molecule has 0 spiro atoms. The lowest BCUT2D eigenvalue weighted by Crippen LogP contribution is -2.46. The fourth-order valence-corrected chi connectivity index (χ4v) is 2.09. The molecule has 1 atom stereocenters. The lowest BCUT2D eigenvalue weighted by atomic mass is 9.57. The second kappa shape index (κ2) is 5.59. The van der Waals surface area contributed by atoms with Crippen molar-refractivity contribution in [2.24, 2.45) is 0 Å². The number of nitrogens with two attached hydrogens (primary N) is 1. The van der Waals surface area contributed by atoms with Gasteiger partial charge in [-0.05, 0) is 11.8 Å². The number of nitrogen functional groups attached to an aromatic ring is 1. The summed E-state index contributed by atoms with van der Waals surface area (Å²) in [6.45, 7) is -0.506. The van der Waals surface area contributed by atoms with E-state index in [1.807, 2.05) is 0 Å². The molecule has 1 unspecified atom stereocenters. The summed E-state index contributed by atoms with van der Waals surface area (Å²) in [5.41, 5.74) is 4.33. The van der Waals surface area contributed by atoms with Crippen LogP contribution in [0.5, 0.6) is 0 Å². The predicted molar refractivity (Wildman–Crippen MR) is 79.5 cm³/mol. The van der Waals surface area contributed by atoms with Gasteiger partial charge in [-0.2, -0.15) is 14.4 Å². The zero-order valence-electron chi connectivity index (χ0n) is 11.8. The van der Waals surface area contributed by atoms with Crippen molar-refractivity contribution in [3.8, 4) is 12.3 Å². The summed E-state index contributed by atoms with van der Waals surface area (Å²) < 4.78 is 19.7. The molecule has 0 aliphatic heterocycles. The molecule has 0 saturated carbocycles. The number of nitrogens with zero attached hydrogens (tertiary/aromatic N) is 4.